The van der Waals surface area contributed by atoms with E-state index in [0.717, 1.165) is 29.0 Å². The number of aromatic nitrogens is 3. The van der Waals surface area contributed by atoms with Crippen molar-refractivity contribution in [3.8, 4) is 0 Å². The van der Waals surface area contributed by atoms with Crippen LogP contribution in [-0.2, 0) is 0 Å². The molecular formula is C15H15N5. The molecule has 20 heavy (non-hydrogen) atoms. The summed E-state index contributed by atoms with van der Waals surface area (Å²) in [6.45, 7) is 2.85. The second-order valence-electron chi connectivity index (χ2n) is 4.36. The van der Waals surface area contributed by atoms with Gasteiger partial charge in [0.1, 0.15) is 5.82 Å². The molecule has 0 saturated carbocycles. The monoisotopic (exact) mass is 265 g/mol. The Kier molecular flexibility index (Phi) is 3.41. The molecule has 0 spiro atoms. The van der Waals surface area contributed by atoms with Crippen LogP contribution >= 0.6 is 0 Å². The Balaban J connectivity index is 1.87. The minimum Gasteiger partial charge on any atom is -0.369 e. The van der Waals surface area contributed by atoms with E-state index in [1.165, 1.54) is 0 Å². The number of pyridine rings is 1. The third kappa shape index (κ3) is 2.66. The van der Waals surface area contributed by atoms with Crippen LogP contribution in [0.1, 0.15) is 6.92 Å². The third-order valence-corrected chi connectivity index (χ3v) is 2.87. The highest BCUT2D eigenvalue weighted by Crippen LogP contribution is 2.20. The van der Waals surface area contributed by atoms with E-state index in [1.54, 1.807) is 18.6 Å². The predicted molar refractivity (Wildman–Crippen MR) is 81.2 cm³/mol. The van der Waals surface area contributed by atoms with Crippen molar-refractivity contribution in [3.05, 3.63) is 48.9 Å². The van der Waals surface area contributed by atoms with Crippen molar-refractivity contribution in [1.82, 2.24) is 15.0 Å². The van der Waals surface area contributed by atoms with Crippen LogP contribution in [0.25, 0.3) is 10.9 Å². The average molecular weight is 265 g/mol. The number of benzene rings is 1. The third-order valence-electron chi connectivity index (χ3n) is 2.87. The molecule has 3 rings (SSSR count). The summed E-state index contributed by atoms with van der Waals surface area (Å²) in [6.07, 6.45) is 5.20. The van der Waals surface area contributed by atoms with Gasteiger partial charge in [-0.15, -0.1) is 0 Å². The zero-order chi connectivity index (χ0) is 13.8. The quantitative estimate of drug-likeness (QED) is 0.758. The van der Waals surface area contributed by atoms with Gasteiger partial charge < -0.3 is 10.6 Å². The predicted octanol–water partition coefficient (Wildman–Crippen LogP) is 3.20. The van der Waals surface area contributed by atoms with Crippen LogP contribution in [0, 0.1) is 0 Å². The molecule has 2 heterocycles. The van der Waals surface area contributed by atoms with Gasteiger partial charge in [-0.1, -0.05) is 6.07 Å². The van der Waals surface area contributed by atoms with Crippen LogP contribution in [0.15, 0.2) is 48.9 Å². The van der Waals surface area contributed by atoms with Crippen LogP contribution < -0.4 is 10.6 Å². The van der Waals surface area contributed by atoms with Crippen molar-refractivity contribution in [2.75, 3.05) is 17.2 Å². The Labute approximate surface area is 117 Å². The van der Waals surface area contributed by atoms with Gasteiger partial charge in [0, 0.05) is 23.8 Å². The molecule has 0 aliphatic heterocycles. The summed E-state index contributed by atoms with van der Waals surface area (Å²) in [5.41, 5.74) is 1.94. The number of nitrogens with one attached hydrogen (secondary N) is 2. The number of rotatable bonds is 4. The van der Waals surface area contributed by atoms with Gasteiger partial charge in [0.2, 0.25) is 0 Å². The topological polar surface area (TPSA) is 62.7 Å². The first-order valence-electron chi connectivity index (χ1n) is 6.53. The lowest BCUT2D eigenvalue weighted by Crippen LogP contribution is -2.02. The molecule has 0 unspecified atom stereocenters. The molecule has 0 amide bonds. The van der Waals surface area contributed by atoms with Crippen molar-refractivity contribution >= 4 is 28.2 Å². The molecule has 0 saturated heterocycles. The SMILES string of the molecule is CCNc1cncc(Nc2ccc3ncccc3c2)n1. The lowest BCUT2D eigenvalue weighted by molar-refractivity contribution is 1.12. The summed E-state index contributed by atoms with van der Waals surface area (Å²) in [5.74, 6) is 1.48. The van der Waals surface area contributed by atoms with Gasteiger partial charge in [0.25, 0.3) is 0 Å². The second-order valence-corrected chi connectivity index (χ2v) is 4.36. The van der Waals surface area contributed by atoms with E-state index < -0.39 is 0 Å². The van der Waals surface area contributed by atoms with Gasteiger partial charge in [0.05, 0.1) is 17.9 Å². The smallest absolute Gasteiger partial charge is 0.151 e. The molecule has 1 aromatic carbocycles. The molecule has 0 bridgehead atoms. The normalized spacial score (nSPS) is 10.4. The van der Waals surface area contributed by atoms with Crippen LogP contribution in [0.3, 0.4) is 0 Å². The fraction of sp³-hybridized carbons (Fsp3) is 0.133. The van der Waals surface area contributed by atoms with Crippen molar-refractivity contribution in [2.45, 2.75) is 6.92 Å². The molecule has 0 aliphatic rings. The summed E-state index contributed by atoms with van der Waals surface area (Å²) < 4.78 is 0. The summed E-state index contributed by atoms with van der Waals surface area (Å²) in [5, 5.41) is 7.48. The summed E-state index contributed by atoms with van der Waals surface area (Å²) >= 11 is 0. The molecule has 100 valence electrons. The van der Waals surface area contributed by atoms with E-state index >= 15 is 0 Å². The number of hydrogen-bond donors (Lipinski definition) is 2. The van der Waals surface area contributed by atoms with Crippen LogP contribution in [0.5, 0.6) is 0 Å². The summed E-state index contributed by atoms with van der Waals surface area (Å²) in [6, 6.07) is 9.98. The van der Waals surface area contributed by atoms with Gasteiger partial charge in [-0.3, -0.25) is 9.97 Å². The molecule has 0 atom stereocenters. The van der Waals surface area contributed by atoms with E-state index in [1.807, 2.05) is 37.3 Å². The zero-order valence-electron chi connectivity index (χ0n) is 11.2. The van der Waals surface area contributed by atoms with Gasteiger partial charge >= 0.3 is 0 Å². The number of anilines is 3. The van der Waals surface area contributed by atoms with Crippen LogP contribution in [0.4, 0.5) is 17.3 Å². The Hall–Kier alpha value is -2.69. The van der Waals surface area contributed by atoms with Crippen LogP contribution in [0.2, 0.25) is 0 Å². The Morgan fingerprint density at radius 3 is 2.90 bits per heavy atom. The van der Waals surface area contributed by atoms with Crippen molar-refractivity contribution in [1.29, 1.82) is 0 Å². The Morgan fingerprint density at radius 2 is 2.00 bits per heavy atom. The van der Waals surface area contributed by atoms with Crippen molar-refractivity contribution in [2.24, 2.45) is 0 Å². The Morgan fingerprint density at radius 1 is 1.10 bits per heavy atom. The largest absolute Gasteiger partial charge is 0.369 e. The fourth-order valence-electron chi connectivity index (χ4n) is 1.99. The van der Waals surface area contributed by atoms with Gasteiger partial charge in [-0.05, 0) is 31.2 Å². The maximum Gasteiger partial charge on any atom is 0.151 e. The van der Waals surface area contributed by atoms with E-state index in [0.29, 0.717) is 5.82 Å². The summed E-state index contributed by atoms with van der Waals surface area (Å²) in [4.78, 5) is 12.9. The molecular weight excluding hydrogens is 250 g/mol. The number of fused-ring (bicyclic) bond motifs is 1. The standard InChI is InChI=1S/C15H15N5/c1-2-17-14-9-16-10-15(20-14)19-12-5-6-13-11(8-12)4-3-7-18-13/h3-10H,2H2,1H3,(H2,17,19,20). The first-order chi connectivity index (χ1) is 9.85. The summed E-state index contributed by atoms with van der Waals surface area (Å²) in [7, 11) is 0. The van der Waals surface area contributed by atoms with E-state index in [2.05, 4.69) is 25.6 Å². The van der Waals surface area contributed by atoms with Crippen molar-refractivity contribution in [3.63, 3.8) is 0 Å². The van der Waals surface area contributed by atoms with E-state index in [9.17, 15) is 0 Å². The molecule has 2 aromatic heterocycles. The maximum atomic E-state index is 4.44. The van der Waals surface area contributed by atoms with Gasteiger partial charge in [0.15, 0.2) is 5.82 Å². The first-order valence-corrected chi connectivity index (χ1v) is 6.53. The minimum atomic E-state index is 0.715. The first kappa shape index (κ1) is 12.3. The Bertz CT molecular complexity index is 726. The molecule has 3 aromatic rings. The molecule has 5 nitrogen and oxygen atoms in total. The maximum absolute atomic E-state index is 4.44. The van der Waals surface area contributed by atoms with E-state index in [4.69, 9.17) is 0 Å². The van der Waals surface area contributed by atoms with Gasteiger partial charge in [-0.25, -0.2) is 4.98 Å². The molecule has 0 aliphatic carbocycles. The average Bonchev–Trinajstić information content (AvgIpc) is 2.48. The molecule has 0 radical (unpaired) electrons. The van der Waals surface area contributed by atoms with Gasteiger partial charge in [-0.2, -0.15) is 0 Å². The van der Waals surface area contributed by atoms with E-state index in [-0.39, 0.29) is 0 Å². The lowest BCUT2D eigenvalue weighted by Gasteiger charge is -2.08. The molecule has 5 heteroatoms. The second kappa shape index (κ2) is 5.52. The minimum absolute atomic E-state index is 0.715. The van der Waals surface area contributed by atoms with Crippen LogP contribution in [-0.4, -0.2) is 21.5 Å². The highest BCUT2D eigenvalue weighted by molar-refractivity contribution is 5.82. The van der Waals surface area contributed by atoms with Crippen molar-refractivity contribution < 1.29 is 0 Å². The lowest BCUT2D eigenvalue weighted by atomic mass is 10.2. The zero-order valence-corrected chi connectivity index (χ0v) is 11.2. The number of hydrogen-bond acceptors (Lipinski definition) is 5. The molecule has 2 N–H and O–H groups in total. The highest BCUT2D eigenvalue weighted by atomic mass is 15.1. The number of nitrogens with zero attached hydrogens (tertiary/aromatic N) is 3. The molecule has 0 fully saturated rings. The highest BCUT2D eigenvalue weighted by Gasteiger charge is 2.00. The fourth-order valence-corrected chi connectivity index (χ4v) is 1.99.